The van der Waals surface area contributed by atoms with Gasteiger partial charge >= 0.3 is 16.4 Å². The zero-order valence-electron chi connectivity index (χ0n) is 15.2. The molecule has 2 unspecified atom stereocenters. The van der Waals surface area contributed by atoms with Crippen LogP contribution < -0.4 is 16.6 Å². The highest BCUT2D eigenvalue weighted by molar-refractivity contribution is 7.80. The second kappa shape index (κ2) is 8.16. The van der Waals surface area contributed by atoms with Gasteiger partial charge in [-0.1, -0.05) is 0 Å². The molecule has 18 heteroatoms. The molecule has 0 radical (unpaired) electrons. The van der Waals surface area contributed by atoms with Crippen molar-refractivity contribution in [2.75, 3.05) is 6.54 Å². The molecule has 17 nitrogen and oxygen atoms in total. The third kappa shape index (κ3) is 4.78. The Morgan fingerprint density at radius 3 is 2.67 bits per heavy atom. The van der Waals surface area contributed by atoms with Crippen LogP contribution in [0.5, 0.6) is 0 Å². The molecule has 2 bridgehead atoms. The summed E-state index contributed by atoms with van der Waals surface area (Å²) in [4.78, 5) is 48.7. The van der Waals surface area contributed by atoms with Crippen LogP contribution in [0.25, 0.3) is 0 Å². The minimum atomic E-state index is -4.90. The highest BCUT2D eigenvalue weighted by Crippen LogP contribution is 2.30. The normalized spacial score (nSPS) is 20.9. The summed E-state index contributed by atoms with van der Waals surface area (Å²) < 4.78 is 35.8. The van der Waals surface area contributed by atoms with Crippen molar-refractivity contribution in [1.29, 1.82) is 0 Å². The van der Waals surface area contributed by atoms with E-state index in [1.807, 2.05) is 0 Å². The molecule has 30 heavy (non-hydrogen) atoms. The first-order chi connectivity index (χ1) is 14.0. The zero-order valence-corrected chi connectivity index (χ0v) is 16.0. The number of hydrogen-bond donors (Lipinski definition) is 4. The fraction of sp³-hybridized carbons (Fsp3) is 0.583. The highest BCUT2D eigenvalue weighted by atomic mass is 32.3. The first kappa shape index (κ1) is 21.3. The van der Waals surface area contributed by atoms with Crippen LogP contribution in [0.2, 0.25) is 0 Å². The van der Waals surface area contributed by atoms with Crippen LogP contribution in [0, 0.1) is 0 Å². The van der Waals surface area contributed by atoms with Gasteiger partial charge in [0.05, 0.1) is 12.5 Å². The van der Waals surface area contributed by atoms with Gasteiger partial charge in [-0.3, -0.25) is 29.8 Å². The third-order valence-corrected chi connectivity index (χ3v) is 4.71. The Balaban J connectivity index is 1.54. The van der Waals surface area contributed by atoms with E-state index < -0.39 is 52.8 Å². The van der Waals surface area contributed by atoms with Crippen molar-refractivity contribution in [3.8, 4) is 0 Å². The predicted octanol–water partition coefficient (Wildman–Crippen LogP) is -4.15. The maximum atomic E-state index is 12.4. The third-order valence-electron chi connectivity index (χ3n) is 4.36. The number of amides is 5. The Labute approximate surface area is 168 Å². The first-order valence-corrected chi connectivity index (χ1v) is 9.80. The SMILES string of the molecule is NC(=O)Cc1nnnn1CC(=O)NNC(=O)C1CCC2CN1C(=O)N2OS(=O)(=O)O. The van der Waals surface area contributed by atoms with Crippen LogP contribution in [0.4, 0.5) is 4.79 Å². The molecule has 3 heterocycles. The molecule has 5 N–H and O–H groups in total. The average Bonchev–Trinajstić information content (AvgIpc) is 3.16. The van der Waals surface area contributed by atoms with Gasteiger partial charge in [0.25, 0.3) is 11.8 Å². The van der Waals surface area contributed by atoms with Gasteiger partial charge in [0, 0.05) is 6.54 Å². The summed E-state index contributed by atoms with van der Waals surface area (Å²) in [6.07, 6.45) is 0.110. The second-order valence-electron chi connectivity index (χ2n) is 6.44. The summed E-state index contributed by atoms with van der Waals surface area (Å²) in [6.45, 7) is -0.414. The van der Waals surface area contributed by atoms with Gasteiger partial charge < -0.3 is 10.6 Å². The van der Waals surface area contributed by atoms with E-state index >= 15 is 0 Å². The Bertz CT molecular complexity index is 978. The van der Waals surface area contributed by atoms with Crippen LogP contribution in [-0.4, -0.2) is 85.5 Å². The number of piperidine rings is 1. The molecule has 2 aliphatic heterocycles. The maximum Gasteiger partial charge on any atom is 0.418 e. The molecule has 1 aromatic heterocycles. The van der Waals surface area contributed by atoms with E-state index in [9.17, 15) is 27.6 Å². The summed E-state index contributed by atoms with van der Waals surface area (Å²) in [5, 5.41) is 10.9. The van der Waals surface area contributed by atoms with Gasteiger partial charge in [0.15, 0.2) is 5.82 Å². The predicted molar refractivity (Wildman–Crippen MR) is 90.4 cm³/mol. The highest BCUT2D eigenvalue weighted by Gasteiger charge is 2.49. The maximum absolute atomic E-state index is 12.4. The van der Waals surface area contributed by atoms with E-state index in [1.54, 1.807) is 0 Å². The van der Waals surface area contributed by atoms with Crippen molar-refractivity contribution >= 4 is 34.2 Å². The molecule has 2 atom stereocenters. The molecule has 2 fully saturated rings. The number of hydroxylamine groups is 2. The average molecular weight is 447 g/mol. The monoisotopic (exact) mass is 447 g/mol. The van der Waals surface area contributed by atoms with Crippen molar-refractivity contribution < 1.29 is 36.4 Å². The molecule has 0 saturated carbocycles. The van der Waals surface area contributed by atoms with Crippen LogP contribution in [0.15, 0.2) is 0 Å². The lowest BCUT2D eigenvalue weighted by Gasteiger charge is -2.29. The number of carbonyl (C=O) groups excluding carboxylic acids is 4. The van der Waals surface area contributed by atoms with Gasteiger partial charge in [-0.05, 0) is 23.3 Å². The largest absolute Gasteiger partial charge is 0.418 e. The molecule has 0 aromatic carbocycles. The van der Waals surface area contributed by atoms with E-state index in [1.165, 1.54) is 0 Å². The summed E-state index contributed by atoms with van der Waals surface area (Å²) >= 11 is 0. The number of primary amides is 1. The summed E-state index contributed by atoms with van der Waals surface area (Å²) in [7, 11) is -4.90. The number of urea groups is 1. The molecular weight excluding hydrogens is 430 g/mol. The molecule has 1 aromatic rings. The lowest BCUT2D eigenvalue weighted by Crippen LogP contribution is -2.54. The van der Waals surface area contributed by atoms with E-state index in [4.69, 9.17) is 10.3 Å². The number of carbonyl (C=O) groups is 4. The molecule has 2 aliphatic rings. The Morgan fingerprint density at radius 2 is 2.00 bits per heavy atom. The Hall–Kier alpha value is -3.38. The van der Waals surface area contributed by atoms with Gasteiger partial charge in [0.2, 0.25) is 5.91 Å². The quantitative estimate of drug-likeness (QED) is 0.231. The molecule has 2 saturated heterocycles. The van der Waals surface area contributed by atoms with Gasteiger partial charge in [-0.15, -0.1) is 9.38 Å². The van der Waals surface area contributed by atoms with Gasteiger partial charge in [0.1, 0.15) is 12.6 Å². The van der Waals surface area contributed by atoms with Crippen LogP contribution in [-0.2, 0) is 42.0 Å². The number of nitrogens with zero attached hydrogens (tertiary/aromatic N) is 6. The molecule has 0 aliphatic carbocycles. The molecular formula is C12H17N9O8S. The minimum Gasteiger partial charge on any atom is -0.369 e. The van der Waals surface area contributed by atoms with E-state index in [2.05, 4.69) is 30.7 Å². The van der Waals surface area contributed by atoms with Crippen molar-refractivity contribution in [2.24, 2.45) is 5.73 Å². The molecule has 3 rings (SSSR count). The molecule has 0 spiro atoms. The summed E-state index contributed by atoms with van der Waals surface area (Å²) in [5.41, 5.74) is 9.34. The van der Waals surface area contributed by atoms with Crippen molar-refractivity contribution in [3.05, 3.63) is 5.82 Å². The minimum absolute atomic E-state index is 0.00148. The number of rotatable bonds is 7. The topological polar surface area (TPSA) is 232 Å². The number of tetrazole rings is 1. The lowest BCUT2D eigenvalue weighted by atomic mass is 10.0. The van der Waals surface area contributed by atoms with Crippen LogP contribution in [0.1, 0.15) is 18.7 Å². The first-order valence-electron chi connectivity index (χ1n) is 8.44. The zero-order chi connectivity index (χ0) is 22.1. The number of nitrogens with two attached hydrogens (primary N) is 1. The number of aromatic nitrogens is 4. The van der Waals surface area contributed by atoms with E-state index in [-0.39, 0.29) is 31.6 Å². The van der Waals surface area contributed by atoms with Crippen molar-refractivity contribution in [1.82, 2.24) is 41.0 Å². The molecule has 164 valence electrons. The van der Waals surface area contributed by atoms with Crippen LogP contribution >= 0.6 is 0 Å². The Kier molecular flexibility index (Phi) is 5.80. The summed E-state index contributed by atoms with van der Waals surface area (Å²) in [6, 6.07) is -2.56. The second-order valence-corrected chi connectivity index (χ2v) is 7.45. The van der Waals surface area contributed by atoms with Gasteiger partial charge in [-0.2, -0.15) is 13.5 Å². The fourth-order valence-corrected chi connectivity index (χ4v) is 3.51. The van der Waals surface area contributed by atoms with Gasteiger partial charge in [-0.25, -0.2) is 9.48 Å². The van der Waals surface area contributed by atoms with E-state index in [0.717, 1.165) is 9.58 Å². The van der Waals surface area contributed by atoms with Crippen LogP contribution in [0.3, 0.4) is 0 Å². The fourth-order valence-electron chi connectivity index (χ4n) is 3.12. The van der Waals surface area contributed by atoms with E-state index in [0.29, 0.717) is 5.06 Å². The van der Waals surface area contributed by atoms with Crippen molar-refractivity contribution in [3.63, 3.8) is 0 Å². The van der Waals surface area contributed by atoms with Crippen molar-refractivity contribution in [2.45, 2.75) is 37.9 Å². The number of hydrogen-bond acceptors (Lipinski definition) is 10. The number of nitrogens with one attached hydrogen (secondary N) is 2. The Morgan fingerprint density at radius 1 is 1.27 bits per heavy atom. The standard InChI is InChI=1S/C12H17N9O8S/c13-8(22)3-9-14-17-18-20(9)5-10(23)15-16-11(24)7-2-1-6-4-19(7)12(25)21(6)29-30(26,27)28/h6-7H,1-5H2,(H2,13,22)(H,15,23)(H,16,24)(H,26,27,28). The molecule has 5 amide bonds. The smallest absolute Gasteiger partial charge is 0.369 e. The lowest BCUT2D eigenvalue weighted by molar-refractivity contribution is -0.132. The number of fused-ring (bicyclic) bond motifs is 2. The summed E-state index contributed by atoms with van der Waals surface area (Å²) in [5.74, 6) is -2.08. The number of hydrazine groups is 1.